The van der Waals surface area contributed by atoms with Gasteiger partial charge >= 0.3 is 0 Å². The first-order valence-electron chi connectivity index (χ1n) is 6.77. The zero-order valence-corrected chi connectivity index (χ0v) is 12.1. The van der Waals surface area contributed by atoms with Gasteiger partial charge in [0.25, 0.3) is 5.91 Å². The van der Waals surface area contributed by atoms with E-state index >= 15 is 0 Å². The summed E-state index contributed by atoms with van der Waals surface area (Å²) in [5, 5.41) is 11.5. The number of rotatable bonds is 1. The molecule has 2 N–H and O–H groups in total. The van der Waals surface area contributed by atoms with Crippen molar-refractivity contribution < 1.29 is 14.7 Å². The molecule has 0 aliphatic carbocycles. The van der Waals surface area contributed by atoms with Gasteiger partial charge in [0.2, 0.25) is 5.91 Å². The summed E-state index contributed by atoms with van der Waals surface area (Å²) in [5.41, 5.74) is 0.277. The van der Waals surface area contributed by atoms with Gasteiger partial charge in [0, 0.05) is 24.2 Å². The summed E-state index contributed by atoms with van der Waals surface area (Å²) in [6.45, 7) is 4.17. The number of nitrogens with one attached hydrogen (secondary N) is 1. The molecule has 5 heteroatoms. The first kappa shape index (κ1) is 15.1. The third-order valence-electron chi connectivity index (χ3n) is 3.52. The second-order valence-electron chi connectivity index (χ2n) is 5.31. The predicted octanol–water partition coefficient (Wildman–Crippen LogP) is 0.381. The van der Waals surface area contributed by atoms with Gasteiger partial charge in [-0.15, -0.1) is 0 Å². The van der Waals surface area contributed by atoms with E-state index in [4.69, 9.17) is 5.11 Å². The third-order valence-corrected chi connectivity index (χ3v) is 3.52. The maximum absolute atomic E-state index is 12.6. The molecule has 1 fully saturated rings. The van der Waals surface area contributed by atoms with Gasteiger partial charge in [0.05, 0.1) is 0 Å². The molecule has 1 heterocycles. The molecule has 2 amide bonds. The SMILES string of the molecule is CC1(C)C(=O)NCCN1C(=O)c1cccc(C#CCO)c1. The van der Waals surface area contributed by atoms with E-state index in [0.29, 0.717) is 24.2 Å². The van der Waals surface area contributed by atoms with Crippen LogP contribution in [-0.4, -0.2) is 47.1 Å². The van der Waals surface area contributed by atoms with E-state index in [1.54, 1.807) is 43.0 Å². The van der Waals surface area contributed by atoms with Crippen LogP contribution in [0, 0.1) is 11.8 Å². The van der Waals surface area contributed by atoms with Crippen LogP contribution in [0.15, 0.2) is 24.3 Å². The second kappa shape index (κ2) is 5.98. The highest BCUT2D eigenvalue weighted by atomic mass is 16.2. The number of piperazine rings is 1. The van der Waals surface area contributed by atoms with Crippen LogP contribution in [0.5, 0.6) is 0 Å². The zero-order chi connectivity index (χ0) is 15.5. The lowest BCUT2D eigenvalue weighted by Gasteiger charge is -2.41. The number of hydrogen-bond acceptors (Lipinski definition) is 3. The molecule has 21 heavy (non-hydrogen) atoms. The van der Waals surface area contributed by atoms with E-state index in [-0.39, 0.29) is 18.4 Å². The van der Waals surface area contributed by atoms with Gasteiger partial charge in [-0.25, -0.2) is 0 Å². The Bertz CT molecular complexity index is 626. The molecule has 1 saturated heterocycles. The van der Waals surface area contributed by atoms with Crippen molar-refractivity contribution >= 4 is 11.8 Å². The average Bonchev–Trinajstić information content (AvgIpc) is 2.47. The fourth-order valence-corrected chi connectivity index (χ4v) is 2.28. The number of hydrogen-bond donors (Lipinski definition) is 2. The molecule has 1 aromatic rings. The van der Waals surface area contributed by atoms with Crippen molar-refractivity contribution in [1.29, 1.82) is 0 Å². The minimum Gasteiger partial charge on any atom is -0.384 e. The molecule has 5 nitrogen and oxygen atoms in total. The van der Waals surface area contributed by atoms with E-state index in [1.807, 2.05) is 0 Å². The summed E-state index contributed by atoms with van der Waals surface area (Å²) in [5.74, 6) is 4.98. The van der Waals surface area contributed by atoms with Crippen molar-refractivity contribution in [1.82, 2.24) is 10.2 Å². The maximum Gasteiger partial charge on any atom is 0.254 e. The molecule has 0 bridgehead atoms. The Labute approximate surface area is 124 Å². The number of benzene rings is 1. The number of carbonyl (C=O) groups excluding carboxylic acids is 2. The van der Waals surface area contributed by atoms with Gasteiger partial charge in [-0.05, 0) is 32.0 Å². The normalized spacial score (nSPS) is 16.7. The van der Waals surface area contributed by atoms with Crippen LogP contribution in [0.1, 0.15) is 29.8 Å². The molecule has 0 spiro atoms. The molecule has 0 saturated carbocycles. The van der Waals surface area contributed by atoms with Crippen molar-refractivity contribution in [3.05, 3.63) is 35.4 Å². The number of amides is 2. The fraction of sp³-hybridized carbons (Fsp3) is 0.375. The molecular weight excluding hydrogens is 268 g/mol. The molecule has 1 aliphatic rings. The van der Waals surface area contributed by atoms with Crippen molar-refractivity contribution in [2.45, 2.75) is 19.4 Å². The quantitative estimate of drug-likeness (QED) is 0.733. The van der Waals surface area contributed by atoms with Crippen molar-refractivity contribution in [3.63, 3.8) is 0 Å². The van der Waals surface area contributed by atoms with Crippen LogP contribution >= 0.6 is 0 Å². The highest BCUT2D eigenvalue weighted by Gasteiger charge is 2.40. The number of nitrogens with zero attached hydrogens (tertiary/aromatic N) is 1. The Hall–Kier alpha value is -2.32. The lowest BCUT2D eigenvalue weighted by Crippen LogP contribution is -2.63. The van der Waals surface area contributed by atoms with Crippen molar-refractivity contribution in [3.8, 4) is 11.8 Å². The molecule has 0 atom stereocenters. The van der Waals surface area contributed by atoms with Gasteiger partial charge < -0.3 is 15.3 Å². The Morgan fingerprint density at radius 3 is 2.95 bits per heavy atom. The standard InChI is InChI=1S/C16H18N2O3/c1-16(2)15(21)17-8-9-18(16)14(20)13-7-3-5-12(11-13)6-4-10-19/h3,5,7,11,19H,8-10H2,1-2H3,(H,17,21). The summed E-state index contributed by atoms with van der Waals surface area (Å²) in [6, 6.07) is 6.89. The highest BCUT2D eigenvalue weighted by Crippen LogP contribution is 2.21. The van der Waals surface area contributed by atoms with E-state index in [9.17, 15) is 9.59 Å². The first-order valence-corrected chi connectivity index (χ1v) is 6.77. The summed E-state index contributed by atoms with van der Waals surface area (Å²) in [4.78, 5) is 26.1. The van der Waals surface area contributed by atoms with Crippen LogP contribution < -0.4 is 5.32 Å². The smallest absolute Gasteiger partial charge is 0.254 e. The number of carbonyl (C=O) groups is 2. The number of aliphatic hydroxyl groups is 1. The summed E-state index contributed by atoms with van der Waals surface area (Å²) < 4.78 is 0. The minimum atomic E-state index is -0.873. The largest absolute Gasteiger partial charge is 0.384 e. The van der Waals surface area contributed by atoms with Gasteiger partial charge in [0.15, 0.2) is 0 Å². The highest BCUT2D eigenvalue weighted by molar-refractivity contribution is 5.99. The van der Waals surface area contributed by atoms with E-state index in [2.05, 4.69) is 17.2 Å². The van der Waals surface area contributed by atoms with Gasteiger partial charge in [-0.1, -0.05) is 17.9 Å². The summed E-state index contributed by atoms with van der Waals surface area (Å²) >= 11 is 0. The molecule has 110 valence electrons. The molecular formula is C16H18N2O3. The molecule has 0 radical (unpaired) electrons. The zero-order valence-electron chi connectivity index (χ0n) is 12.1. The fourth-order valence-electron chi connectivity index (χ4n) is 2.28. The molecule has 1 aromatic carbocycles. The molecule has 1 aliphatic heterocycles. The van der Waals surface area contributed by atoms with Crippen LogP contribution in [0.2, 0.25) is 0 Å². The van der Waals surface area contributed by atoms with Gasteiger partial charge in [0.1, 0.15) is 12.1 Å². The summed E-state index contributed by atoms with van der Waals surface area (Å²) in [7, 11) is 0. The first-order chi connectivity index (χ1) is 9.96. The Morgan fingerprint density at radius 2 is 2.24 bits per heavy atom. The molecule has 0 aromatic heterocycles. The Balaban J connectivity index is 2.29. The lowest BCUT2D eigenvalue weighted by atomic mass is 9.97. The second-order valence-corrected chi connectivity index (χ2v) is 5.31. The van der Waals surface area contributed by atoms with Crippen LogP contribution in [0.3, 0.4) is 0 Å². The van der Waals surface area contributed by atoms with E-state index in [1.165, 1.54) is 0 Å². The number of aliphatic hydroxyl groups excluding tert-OH is 1. The maximum atomic E-state index is 12.6. The Morgan fingerprint density at radius 1 is 1.48 bits per heavy atom. The monoisotopic (exact) mass is 286 g/mol. The third kappa shape index (κ3) is 3.06. The van der Waals surface area contributed by atoms with Gasteiger partial charge in [-0.3, -0.25) is 9.59 Å². The van der Waals surface area contributed by atoms with Crippen LogP contribution in [0.25, 0.3) is 0 Å². The van der Waals surface area contributed by atoms with Crippen LogP contribution in [-0.2, 0) is 4.79 Å². The topological polar surface area (TPSA) is 69.6 Å². The van der Waals surface area contributed by atoms with Crippen molar-refractivity contribution in [2.75, 3.05) is 19.7 Å². The van der Waals surface area contributed by atoms with Crippen molar-refractivity contribution in [2.24, 2.45) is 0 Å². The van der Waals surface area contributed by atoms with E-state index < -0.39 is 5.54 Å². The predicted molar refractivity (Wildman–Crippen MR) is 78.5 cm³/mol. The van der Waals surface area contributed by atoms with Gasteiger partial charge in [-0.2, -0.15) is 0 Å². The lowest BCUT2D eigenvalue weighted by molar-refractivity contribution is -0.133. The minimum absolute atomic E-state index is 0.154. The Kier molecular flexibility index (Phi) is 4.29. The summed E-state index contributed by atoms with van der Waals surface area (Å²) in [6.07, 6.45) is 0. The molecule has 0 unspecified atom stereocenters. The molecule has 2 rings (SSSR count). The van der Waals surface area contributed by atoms with Crippen LogP contribution in [0.4, 0.5) is 0 Å². The van der Waals surface area contributed by atoms with E-state index in [0.717, 1.165) is 0 Å². The average molecular weight is 286 g/mol.